The van der Waals surface area contributed by atoms with Crippen LogP contribution in [0, 0.1) is 0 Å². The van der Waals surface area contributed by atoms with Crippen LogP contribution in [0.2, 0.25) is 0 Å². The second-order valence-electron chi connectivity index (χ2n) is 2.56. The summed E-state index contributed by atoms with van der Waals surface area (Å²) in [6.45, 7) is 0. The quantitative estimate of drug-likeness (QED) is 0.635. The Labute approximate surface area is 63.0 Å². The van der Waals surface area contributed by atoms with Crippen molar-refractivity contribution in [2.24, 2.45) is 0 Å². The number of hydrogen-bond donors (Lipinski definition) is 1. The molecule has 0 amide bonds. The van der Waals surface area contributed by atoms with Gasteiger partial charge in [0.1, 0.15) is 0 Å². The molecule has 0 bridgehead atoms. The Kier molecular flexibility index (Phi) is 1.45. The van der Waals surface area contributed by atoms with Crippen LogP contribution in [0.4, 0.5) is 22.0 Å². The fraction of sp³-hybridized carbons (Fsp3) is 0.800. The zero-order valence-electron chi connectivity index (χ0n) is 5.45. The van der Waals surface area contributed by atoms with Gasteiger partial charge in [-0.05, 0) is 0 Å². The van der Waals surface area contributed by atoms with Crippen LogP contribution < -0.4 is 0 Å². The van der Waals surface area contributed by atoms with Gasteiger partial charge in [0.25, 0.3) is 5.67 Å². The van der Waals surface area contributed by atoms with Crippen molar-refractivity contribution in [2.75, 3.05) is 0 Å². The minimum Gasteiger partial charge on any atom is -0.479 e. The molecule has 2 nitrogen and oxygen atoms in total. The van der Waals surface area contributed by atoms with Gasteiger partial charge in [-0.2, -0.15) is 17.6 Å². The van der Waals surface area contributed by atoms with Gasteiger partial charge in [0.05, 0.1) is 6.42 Å². The van der Waals surface area contributed by atoms with E-state index in [1.165, 1.54) is 0 Å². The Morgan fingerprint density at radius 2 is 1.58 bits per heavy atom. The van der Waals surface area contributed by atoms with Crippen LogP contribution in [-0.2, 0) is 4.79 Å². The Balaban J connectivity index is 2.99. The molecule has 12 heavy (non-hydrogen) atoms. The highest BCUT2D eigenvalue weighted by atomic mass is 19.3. The predicted octanol–water partition coefficient (Wildman–Crippen LogP) is 1.45. The lowest BCUT2D eigenvalue weighted by molar-refractivity contribution is -0.348. The first-order chi connectivity index (χ1) is 5.15. The van der Waals surface area contributed by atoms with E-state index in [0.717, 1.165) is 0 Å². The predicted molar refractivity (Wildman–Crippen MR) is 26.0 cm³/mol. The van der Waals surface area contributed by atoms with Gasteiger partial charge >= 0.3 is 17.8 Å². The minimum absolute atomic E-state index is 1.97. The first-order valence-corrected chi connectivity index (χ1v) is 2.83. The third kappa shape index (κ3) is 0.709. The Morgan fingerprint density at radius 1 is 1.17 bits per heavy atom. The molecule has 7 heteroatoms. The number of carbonyl (C=O) groups is 1. The lowest BCUT2D eigenvalue weighted by atomic mass is 9.74. The van der Waals surface area contributed by atoms with Gasteiger partial charge in [-0.3, -0.25) is 0 Å². The Bertz CT molecular complexity index is 238. The number of carboxylic acids is 1. The molecule has 1 aliphatic rings. The maximum absolute atomic E-state index is 12.5. The summed E-state index contributed by atoms with van der Waals surface area (Å²) >= 11 is 0. The molecule has 1 rings (SSSR count). The van der Waals surface area contributed by atoms with Crippen LogP contribution in [0.15, 0.2) is 0 Å². The second kappa shape index (κ2) is 1.89. The van der Waals surface area contributed by atoms with E-state index < -0.39 is 29.9 Å². The van der Waals surface area contributed by atoms with E-state index in [0.29, 0.717) is 0 Å². The van der Waals surface area contributed by atoms with Gasteiger partial charge in [0, 0.05) is 0 Å². The molecule has 0 aliphatic heterocycles. The molecule has 0 radical (unpaired) electrons. The van der Waals surface area contributed by atoms with Gasteiger partial charge in [0.2, 0.25) is 0 Å². The first-order valence-electron chi connectivity index (χ1n) is 2.83. The highest BCUT2D eigenvalue weighted by molar-refractivity contribution is 5.81. The van der Waals surface area contributed by atoms with Crippen molar-refractivity contribution >= 4 is 5.97 Å². The molecule has 70 valence electrons. The molecule has 1 aliphatic carbocycles. The van der Waals surface area contributed by atoms with Crippen LogP contribution in [0.5, 0.6) is 0 Å². The van der Waals surface area contributed by atoms with Gasteiger partial charge in [-0.15, -0.1) is 0 Å². The topological polar surface area (TPSA) is 37.3 Å². The number of aliphatic carboxylic acids is 1. The standard InChI is InChI=1S/C5H3F5O2/c6-3(2(11)12)1-4(7,8)5(3,9)10/h1H2,(H,11,12). The van der Waals surface area contributed by atoms with Gasteiger partial charge in [-0.1, -0.05) is 0 Å². The lowest BCUT2D eigenvalue weighted by Gasteiger charge is -2.45. The summed E-state index contributed by atoms with van der Waals surface area (Å²) in [5.74, 6) is -12.2. The van der Waals surface area contributed by atoms with Gasteiger partial charge in [0.15, 0.2) is 0 Å². The number of hydrogen-bond acceptors (Lipinski definition) is 1. The smallest absolute Gasteiger partial charge is 0.354 e. The van der Waals surface area contributed by atoms with Crippen LogP contribution in [0.1, 0.15) is 6.42 Å². The van der Waals surface area contributed by atoms with Crippen molar-refractivity contribution in [1.29, 1.82) is 0 Å². The largest absolute Gasteiger partial charge is 0.479 e. The summed E-state index contributed by atoms with van der Waals surface area (Å²) in [7, 11) is 0. The summed E-state index contributed by atoms with van der Waals surface area (Å²) < 4.78 is 60.5. The van der Waals surface area contributed by atoms with Crippen LogP contribution in [0.3, 0.4) is 0 Å². The second-order valence-corrected chi connectivity index (χ2v) is 2.56. The SMILES string of the molecule is O=C(O)C1(F)CC(F)(F)C1(F)F. The van der Waals surface area contributed by atoms with Crippen LogP contribution in [-0.4, -0.2) is 28.6 Å². The molecule has 0 spiro atoms. The molecular weight excluding hydrogens is 187 g/mol. The molecule has 1 saturated carbocycles. The fourth-order valence-corrected chi connectivity index (χ4v) is 0.921. The number of carboxylic acid groups (broad SMARTS) is 1. The van der Waals surface area contributed by atoms with Gasteiger partial charge < -0.3 is 5.11 Å². The van der Waals surface area contributed by atoms with E-state index in [2.05, 4.69) is 0 Å². The molecule has 0 aromatic heterocycles. The average Bonchev–Trinajstić information content (AvgIpc) is 1.85. The van der Waals surface area contributed by atoms with E-state index in [4.69, 9.17) is 5.11 Å². The van der Waals surface area contributed by atoms with E-state index >= 15 is 0 Å². The van der Waals surface area contributed by atoms with Crippen molar-refractivity contribution in [1.82, 2.24) is 0 Å². The van der Waals surface area contributed by atoms with Crippen LogP contribution in [0.25, 0.3) is 0 Å². The first kappa shape index (κ1) is 9.21. The summed E-state index contributed by atoms with van der Waals surface area (Å²) in [5, 5.41) is 7.87. The van der Waals surface area contributed by atoms with E-state index in [-0.39, 0.29) is 0 Å². The molecule has 1 atom stereocenters. The zero-order valence-corrected chi connectivity index (χ0v) is 5.45. The molecule has 1 unspecified atom stereocenters. The molecular formula is C5H3F5O2. The number of halogens is 5. The molecule has 0 aromatic rings. The maximum Gasteiger partial charge on any atom is 0.354 e. The van der Waals surface area contributed by atoms with E-state index in [1.54, 1.807) is 0 Å². The fourth-order valence-electron chi connectivity index (χ4n) is 0.921. The van der Waals surface area contributed by atoms with Crippen molar-refractivity contribution in [3.05, 3.63) is 0 Å². The van der Waals surface area contributed by atoms with E-state index in [1.807, 2.05) is 0 Å². The number of alkyl halides is 5. The third-order valence-electron chi connectivity index (χ3n) is 1.76. The minimum atomic E-state index is -5.11. The lowest BCUT2D eigenvalue weighted by Crippen LogP contribution is -2.72. The van der Waals surface area contributed by atoms with Crippen molar-refractivity contribution in [3.63, 3.8) is 0 Å². The molecule has 0 heterocycles. The molecule has 1 fully saturated rings. The highest BCUT2D eigenvalue weighted by Crippen LogP contribution is 2.59. The van der Waals surface area contributed by atoms with Crippen molar-refractivity contribution in [3.8, 4) is 0 Å². The van der Waals surface area contributed by atoms with Gasteiger partial charge in [-0.25, -0.2) is 9.18 Å². The van der Waals surface area contributed by atoms with Crippen molar-refractivity contribution < 1.29 is 31.9 Å². The molecule has 0 aromatic carbocycles. The summed E-state index contributed by atoms with van der Waals surface area (Å²) in [6.07, 6.45) is -1.97. The Hall–Kier alpha value is -0.880. The average molecular weight is 190 g/mol. The highest BCUT2D eigenvalue weighted by Gasteiger charge is 2.85. The summed E-state index contributed by atoms with van der Waals surface area (Å²) in [6, 6.07) is 0. The summed E-state index contributed by atoms with van der Waals surface area (Å²) in [5.41, 5.74) is -4.11. The maximum atomic E-state index is 12.5. The normalized spacial score (nSPS) is 37.1. The zero-order chi connectivity index (χ0) is 9.78. The van der Waals surface area contributed by atoms with Crippen molar-refractivity contribution in [2.45, 2.75) is 23.9 Å². The number of rotatable bonds is 1. The Morgan fingerprint density at radius 3 is 1.67 bits per heavy atom. The van der Waals surface area contributed by atoms with E-state index in [9.17, 15) is 26.7 Å². The summed E-state index contributed by atoms with van der Waals surface area (Å²) in [4.78, 5) is 9.82. The molecule has 0 saturated heterocycles. The van der Waals surface area contributed by atoms with Crippen LogP contribution >= 0.6 is 0 Å². The monoisotopic (exact) mass is 190 g/mol. The third-order valence-corrected chi connectivity index (χ3v) is 1.76. The molecule has 1 N–H and O–H groups in total.